The summed E-state index contributed by atoms with van der Waals surface area (Å²) in [6, 6.07) is 44.0. The highest BCUT2D eigenvalue weighted by Crippen LogP contribution is 2.42. The van der Waals surface area contributed by atoms with E-state index >= 15 is 0 Å². The number of nitrogens with zero attached hydrogens (tertiary/aromatic N) is 3. The van der Waals surface area contributed by atoms with Crippen LogP contribution in [0.1, 0.15) is 6.85 Å². The summed E-state index contributed by atoms with van der Waals surface area (Å²) < 4.78 is 44.1. The van der Waals surface area contributed by atoms with Crippen molar-refractivity contribution in [2.24, 2.45) is 0 Å². The van der Waals surface area contributed by atoms with Gasteiger partial charge in [0, 0.05) is 36.9 Å². The monoisotopic (exact) mass is 646 g/mol. The molecule has 0 atom stereocenters. The normalized spacial score (nSPS) is 13.1. The summed E-state index contributed by atoms with van der Waals surface area (Å²) in [5.74, 6) is 0.726. The fourth-order valence-electron chi connectivity index (χ4n) is 6.93. The fraction of sp³-hybridized carbons (Fsp3) is 0. The topological polar surface area (TPSA) is 38.7 Å². The second kappa shape index (κ2) is 11.2. The number of hydrogen-bond donors (Lipinski definition) is 0. The van der Waals surface area contributed by atoms with Gasteiger partial charge in [-0.1, -0.05) is 139 Å². The zero-order chi connectivity index (χ0) is 36.7. The lowest BCUT2D eigenvalue weighted by Crippen LogP contribution is -2.00. The van der Waals surface area contributed by atoms with E-state index < -0.39 is 18.1 Å². The predicted octanol–water partition coefficient (Wildman–Crippen LogP) is 12.4. The van der Waals surface area contributed by atoms with Crippen LogP contribution in [0.3, 0.4) is 0 Å². The Morgan fingerprint density at radius 1 is 0.388 bits per heavy atom. The predicted molar refractivity (Wildman–Crippen MR) is 207 cm³/mol. The molecule has 2 aromatic heterocycles. The zero-order valence-electron chi connectivity index (χ0n) is 31.0. The van der Waals surface area contributed by atoms with Gasteiger partial charge in [0.1, 0.15) is 0 Å². The highest BCUT2D eigenvalue weighted by Gasteiger charge is 2.17. The number of thiophene rings is 1. The summed E-state index contributed by atoms with van der Waals surface area (Å²) in [6.07, 6.45) is 0. The van der Waals surface area contributed by atoms with Crippen LogP contribution in [0.4, 0.5) is 0 Å². The molecule has 0 unspecified atom stereocenters. The lowest BCUT2D eigenvalue weighted by Gasteiger charge is -2.12. The first-order valence-corrected chi connectivity index (χ1v) is 16.9. The highest BCUT2D eigenvalue weighted by atomic mass is 32.1. The molecule has 0 aliphatic rings. The molecule has 0 saturated heterocycles. The Morgan fingerprint density at radius 3 is 1.65 bits per heavy atom. The first kappa shape index (κ1) is 23.2. The number of aromatic nitrogens is 3. The van der Waals surface area contributed by atoms with E-state index in [2.05, 4.69) is 96.0 Å². The van der Waals surface area contributed by atoms with Crippen molar-refractivity contribution in [2.45, 2.75) is 0 Å². The molecule has 3 nitrogen and oxygen atoms in total. The van der Waals surface area contributed by atoms with Crippen LogP contribution in [-0.4, -0.2) is 15.0 Å². The molecule has 0 aliphatic heterocycles. The largest absolute Gasteiger partial charge is 0.208 e. The minimum Gasteiger partial charge on any atom is -0.208 e. The molecule has 0 radical (unpaired) electrons. The Bertz CT molecular complexity index is 3120. The van der Waals surface area contributed by atoms with Crippen LogP contribution < -0.4 is 0 Å². The number of fused-ring (bicyclic) bond motifs is 9. The maximum atomic E-state index is 8.67. The Hall–Kier alpha value is -6.23. The molecule has 0 N–H and O–H groups in total. The van der Waals surface area contributed by atoms with E-state index in [0.29, 0.717) is 11.6 Å². The van der Waals surface area contributed by atoms with Crippen molar-refractivity contribution >= 4 is 63.8 Å². The maximum Gasteiger partial charge on any atom is 0.165 e. The number of rotatable bonds is 4. The Balaban J connectivity index is 1.16. The van der Waals surface area contributed by atoms with Gasteiger partial charge in [-0.3, -0.25) is 0 Å². The lowest BCUT2D eigenvalue weighted by molar-refractivity contribution is 1.08. The third kappa shape index (κ3) is 4.61. The molecule has 49 heavy (non-hydrogen) atoms. The van der Waals surface area contributed by atoms with Crippen LogP contribution in [-0.2, 0) is 0 Å². The molecule has 0 saturated carbocycles. The van der Waals surface area contributed by atoms with Gasteiger partial charge in [0.2, 0.25) is 0 Å². The lowest BCUT2D eigenvalue weighted by atomic mass is 9.92. The van der Waals surface area contributed by atoms with Crippen molar-refractivity contribution in [3.05, 3.63) is 164 Å². The molecular formula is C45H27N3S. The molecule has 8 aromatic carbocycles. The SMILES string of the molecule is [2H]c1c([2H])c([2H])c(-c2nc(-c3ccccc3)nc(-c3cccc4c3sc3ccc(-c5ccc6c7ccccc7c7ccccc7c6c5)cc34)n2)c([2H])c1[2H]. The van der Waals surface area contributed by atoms with E-state index in [1.807, 2.05) is 42.5 Å². The molecule has 10 aromatic rings. The second-order valence-corrected chi connectivity index (χ2v) is 13.1. The van der Waals surface area contributed by atoms with Crippen molar-refractivity contribution in [1.29, 1.82) is 0 Å². The first-order valence-electron chi connectivity index (χ1n) is 18.5. The van der Waals surface area contributed by atoms with E-state index in [-0.39, 0.29) is 23.5 Å². The van der Waals surface area contributed by atoms with Crippen molar-refractivity contribution in [3.63, 3.8) is 0 Å². The van der Waals surface area contributed by atoms with E-state index in [1.54, 1.807) is 11.3 Å². The van der Waals surface area contributed by atoms with E-state index in [0.717, 1.165) is 42.4 Å². The van der Waals surface area contributed by atoms with Gasteiger partial charge in [0.25, 0.3) is 0 Å². The van der Waals surface area contributed by atoms with Crippen molar-refractivity contribution < 1.29 is 6.85 Å². The number of hydrogen-bond acceptors (Lipinski definition) is 4. The summed E-state index contributed by atoms with van der Waals surface area (Å²) in [5.41, 5.74) is 3.67. The maximum absolute atomic E-state index is 8.67. The standard InChI is InChI=1S/C45H27N3S/c1-3-12-28(13-4-1)43-46-44(29-14-5-2-6-15-29)48-45(47-43)38-21-11-20-37-40-27-31(23-25-41(40)49-42(37)38)30-22-24-36-34-18-8-7-16-32(34)33-17-9-10-19-35(33)39(36)26-30/h1-27H/i1D,3D,4D,12D,13D. The molecule has 0 fully saturated rings. The van der Waals surface area contributed by atoms with Crippen molar-refractivity contribution in [3.8, 4) is 45.3 Å². The Kier molecular flexibility index (Phi) is 5.29. The van der Waals surface area contributed by atoms with Crippen LogP contribution in [0.25, 0.3) is 97.8 Å². The van der Waals surface area contributed by atoms with Gasteiger partial charge in [-0.2, -0.15) is 0 Å². The van der Waals surface area contributed by atoms with Gasteiger partial charge in [0.05, 0.1) is 6.85 Å². The van der Waals surface area contributed by atoms with Crippen molar-refractivity contribution in [2.75, 3.05) is 0 Å². The quantitative estimate of drug-likeness (QED) is 0.179. The van der Waals surface area contributed by atoms with Gasteiger partial charge in [-0.15, -0.1) is 11.3 Å². The van der Waals surface area contributed by atoms with Gasteiger partial charge in [-0.05, 0) is 67.7 Å². The van der Waals surface area contributed by atoms with E-state index in [1.165, 1.54) is 32.3 Å². The molecule has 0 aliphatic carbocycles. The smallest absolute Gasteiger partial charge is 0.165 e. The summed E-state index contributed by atoms with van der Waals surface area (Å²) in [7, 11) is 0. The minimum absolute atomic E-state index is 0.0212. The molecule has 0 bridgehead atoms. The van der Waals surface area contributed by atoms with Crippen LogP contribution in [0.2, 0.25) is 0 Å². The van der Waals surface area contributed by atoms with Gasteiger partial charge in [-0.25, -0.2) is 15.0 Å². The second-order valence-electron chi connectivity index (χ2n) is 12.0. The van der Waals surface area contributed by atoms with Gasteiger partial charge < -0.3 is 0 Å². The van der Waals surface area contributed by atoms with Crippen LogP contribution >= 0.6 is 11.3 Å². The zero-order valence-corrected chi connectivity index (χ0v) is 26.8. The van der Waals surface area contributed by atoms with Gasteiger partial charge >= 0.3 is 0 Å². The van der Waals surface area contributed by atoms with Gasteiger partial charge in [0.15, 0.2) is 17.5 Å². The fourth-order valence-corrected chi connectivity index (χ4v) is 8.12. The molecule has 2 heterocycles. The molecule has 10 rings (SSSR count). The van der Waals surface area contributed by atoms with Crippen LogP contribution in [0, 0.1) is 0 Å². The third-order valence-corrected chi connectivity index (χ3v) is 10.4. The Labute approximate surface area is 293 Å². The average Bonchev–Trinajstić information content (AvgIpc) is 3.61. The van der Waals surface area contributed by atoms with Crippen LogP contribution in [0.5, 0.6) is 0 Å². The Morgan fingerprint density at radius 2 is 0.939 bits per heavy atom. The highest BCUT2D eigenvalue weighted by molar-refractivity contribution is 7.26. The summed E-state index contributed by atoms with van der Waals surface area (Å²) in [4.78, 5) is 14.4. The summed E-state index contributed by atoms with van der Waals surface area (Å²) >= 11 is 1.65. The van der Waals surface area contributed by atoms with Crippen molar-refractivity contribution in [1.82, 2.24) is 15.0 Å². The molecular weight excluding hydrogens is 615 g/mol. The minimum atomic E-state index is -0.466. The average molecular weight is 647 g/mol. The first-order chi connectivity index (χ1) is 26.4. The van der Waals surface area contributed by atoms with E-state index in [9.17, 15) is 0 Å². The van der Waals surface area contributed by atoms with Crippen LogP contribution in [0.15, 0.2) is 164 Å². The molecule has 4 heteroatoms. The summed E-state index contributed by atoms with van der Waals surface area (Å²) in [6.45, 7) is 0. The summed E-state index contributed by atoms with van der Waals surface area (Å²) in [5, 5.41) is 9.59. The number of benzene rings is 8. The molecule has 0 amide bonds. The van der Waals surface area contributed by atoms with E-state index in [4.69, 9.17) is 16.8 Å². The molecule has 228 valence electrons. The third-order valence-electron chi connectivity index (χ3n) is 9.21. The molecule has 0 spiro atoms.